The molecule has 0 spiro atoms. The Bertz CT molecular complexity index is 1750. The molecule has 9 atom stereocenters. The van der Waals surface area contributed by atoms with E-state index in [4.69, 9.17) is 39.0 Å². The highest BCUT2D eigenvalue weighted by Gasteiger charge is 2.54. The van der Waals surface area contributed by atoms with Crippen LogP contribution in [0.15, 0.2) is 25.3 Å². The highest BCUT2D eigenvalue weighted by atomic mass is 32.7. The average Bonchev–Trinajstić information content (AvgIpc) is 3.77. The van der Waals surface area contributed by atoms with E-state index in [9.17, 15) is 9.13 Å². The van der Waals surface area contributed by atoms with Crippen LogP contribution in [0.2, 0.25) is 0 Å². The van der Waals surface area contributed by atoms with Crippen molar-refractivity contribution in [3.8, 4) is 0 Å². The van der Waals surface area contributed by atoms with Crippen LogP contribution in [0.25, 0.3) is 22.3 Å². The summed E-state index contributed by atoms with van der Waals surface area (Å²) in [6, 6.07) is 0. The Morgan fingerprint density at radius 1 is 0.953 bits per heavy atom. The summed E-state index contributed by atoms with van der Waals surface area (Å²) in [6.45, 7) is -4.55. The van der Waals surface area contributed by atoms with Crippen molar-refractivity contribution in [2.45, 2.75) is 49.5 Å². The molecule has 0 amide bonds. The van der Waals surface area contributed by atoms with Gasteiger partial charge in [-0.1, -0.05) is 0 Å². The van der Waals surface area contributed by atoms with Crippen LogP contribution < -0.4 is 11.5 Å². The molecule has 0 aliphatic carbocycles. The van der Waals surface area contributed by atoms with Gasteiger partial charge in [0.05, 0.1) is 25.4 Å². The third-order valence-corrected chi connectivity index (χ3v) is 11.3. The minimum absolute atomic E-state index is 0.101. The summed E-state index contributed by atoms with van der Waals surface area (Å²) in [6.07, 6.45) is -1.25. The fourth-order valence-corrected chi connectivity index (χ4v) is 8.18. The van der Waals surface area contributed by atoms with Crippen LogP contribution in [0.1, 0.15) is 18.9 Å². The van der Waals surface area contributed by atoms with Crippen LogP contribution in [-0.2, 0) is 36.7 Å². The Labute approximate surface area is 246 Å². The molecule has 3 aliphatic rings. The lowest BCUT2D eigenvalue weighted by atomic mass is 10.1. The number of hydrogen-bond donors (Lipinski definition) is 2. The monoisotopic (exact) mass is 657 g/mol. The predicted octanol–water partition coefficient (Wildman–Crippen LogP) is 2.30. The molecule has 0 aromatic carbocycles. The smallest absolute Gasteiger partial charge is 0.382 e. The number of imidazole rings is 2. The standard InChI is InChI=1S/C21H24FN10O8P2S/c1-43-42(34)36-4-11-15(12(22)21(38-11)32-8-30-14-17(24)26-6-28-19(14)32)39-41(33)35-3-9-2-10(40-42)20(37-9)31-7-29-13-16(23)25-5-27-18(13)31/h5-12,15,20-21H,2-4H2,1H3,(H2,23,25,27)(H2,24,26,28)/q+1/t9-,10+,11?,12+,15+,20+,21+,42+/m0/s1. The molecule has 22 heteroatoms. The second kappa shape index (κ2) is 11.2. The Hall–Kier alpha value is -2.93. The van der Waals surface area contributed by atoms with E-state index in [-0.39, 0.29) is 35.8 Å². The number of aromatic nitrogens is 8. The van der Waals surface area contributed by atoms with E-state index in [2.05, 4.69) is 29.9 Å². The van der Waals surface area contributed by atoms with Crippen molar-refractivity contribution in [1.29, 1.82) is 0 Å². The van der Waals surface area contributed by atoms with Gasteiger partial charge >= 0.3 is 15.1 Å². The number of ether oxygens (including phenoxy) is 2. The summed E-state index contributed by atoms with van der Waals surface area (Å²) < 4.78 is 80.5. The number of hydrogen-bond acceptors (Lipinski definition) is 17. The zero-order chi connectivity index (χ0) is 29.9. The lowest BCUT2D eigenvalue weighted by Gasteiger charge is -2.25. The first-order valence-corrected chi connectivity index (χ1v) is 17.3. The van der Waals surface area contributed by atoms with Crippen molar-refractivity contribution in [3.05, 3.63) is 25.3 Å². The number of nitrogens with zero attached hydrogens (tertiary/aromatic N) is 8. The number of halogens is 1. The molecule has 18 nitrogen and oxygen atoms in total. The molecule has 2 unspecified atom stereocenters. The van der Waals surface area contributed by atoms with E-state index in [0.29, 0.717) is 11.2 Å². The maximum atomic E-state index is 15.9. The van der Waals surface area contributed by atoms with Crippen molar-refractivity contribution < 1.29 is 41.1 Å². The van der Waals surface area contributed by atoms with Gasteiger partial charge in [0.2, 0.25) is 0 Å². The molecule has 7 rings (SSSR count). The first-order valence-electron chi connectivity index (χ1n) is 12.8. The topological polar surface area (TPSA) is 229 Å². The number of nitrogen functional groups attached to an aromatic ring is 2. The van der Waals surface area contributed by atoms with Gasteiger partial charge in [-0.05, 0) is 17.6 Å². The molecular weight excluding hydrogens is 633 g/mol. The number of fused-ring (bicyclic) bond motifs is 5. The van der Waals surface area contributed by atoms with Gasteiger partial charge in [0.15, 0.2) is 47.7 Å². The van der Waals surface area contributed by atoms with Gasteiger partial charge in [0, 0.05) is 11.0 Å². The molecule has 228 valence electrons. The molecule has 3 aliphatic heterocycles. The molecule has 0 radical (unpaired) electrons. The van der Waals surface area contributed by atoms with Crippen LogP contribution in [0, 0.1) is 0 Å². The van der Waals surface area contributed by atoms with E-state index < -0.39 is 64.7 Å². The van der Waals surface area contributed by atoms with Gasteiger partial charge in [0.1, 0.15) is 42.5 Å². The SMILES string of the molecule is CS[P@]1(=O)OCC2O[C@@H](n3cnc4c(N)ncnc43)[C@H](F)[C@@H]2O[P+](=O)OC[C@@H]2C[C@@H](O1)[C@H](n1cnc3c(N)ncnc31)O2. The second-order valence-electron chi connectivity index (χ2n) is 9.72. The van der Waals surface area contributed by atoms with Gasteiger partial charge in [-0.25, -0.2) is 38.9 Å². The molecule has 43 heavy (non-hydrogen) atoms. The Morgan fingerprint density at radius 2 is 1.60 bits per heavy atom. The summed E-state index contributed by atoms with van der Waals surface area (Å²) in [4.78, 5) is 24.6. The molecule has 3 saturated heterocycles. The van der Waals surface area contributed by atoms with Crippen LogP contribution in [0.4, 0.5) is 16.0 Å². The van der Waals surface area contributed by atoms with Crippen molar-refractivity contribution in [2.75, 3.05) is 30.9 Å². The summed E-state index contributed by atoms with van der Waals surface area (Å²) in [7, 11) is -2.85. The summed E-state index contributed by atoms with van der Waals surface area (Å²) >= 11 is 0.844. The maximum absolute atomic E-state index is 15.9. The lowest BCUT2D eigenvalue weighted by molar-refractivity contribution is -0.0557. The van der Waals surface area contributed by atoms with Crippen molar-refractivity contribution in [3.63, 3.8) is 0 Å². The van der Waals surface area contributed by atoms with Crippen LogP contribution >= 0.6 is 26.4 Å². The molecule has 7 heterocycles. The van der Waals surface area contributed by atoms with E-state index >= 15 is 4.39 Å². The molecule has 2 bridgehead atoms. The Kier molecular flexibility index (Phi) is 7.51. The zero-order valence-electron chi connectivity index (χ0n) is 22.2. The minimum Gasteiger partial charge on any atom is -0.382 e. The lowest BCUT2D eigenvalue weighted by Crippen LogP contribution is -2.33. The largest absolute Gasteiger partial charge is 0.697 e. The van der Waals surface area contributed by atoms with Gasteiger partial charge in [-0.2, -0.15) is 0 Å². The highest BCUT2D eigenvalue weighted by Crippen LogP contribution is 2.62. The molecule has 4 aromatic heterocycles. The molecule has 0 saturated carbocycles. The molecule has 4 N–H and O–H groups in total. The van der Waals surface area contributed by atoms with Crippen molar-refractivity contribution in [1.82, 2.24) is 39.0 Å². The van der Waals surface area contributed by atoms with Crippen LogP contribution in [0.3, 0.4) is 0 Å². The first-order chi connectivity index (χ1) is 20.7. The fourth-order valence-electron chi connectivity index (χ4n) is 5.18. The third kappa shape index (κ3) is 5.15. The molecule has 4 aromatic rings. The number of rotatable bonds is 3. The second-order valence-corrected chi connectivity index (χ2v) is 14.8. The first kappa shape index (κ1) is 28.8. The summed E-state index contributed by atoms with van der Waals surface area (Å²) in [5, 5.41) is 0. The normalized spacial score (nSPS) is 34.6. The van der Waals surface area contributed by atoms with E-state index in [1.165, 1.54) is 29.9 Å². The van der Waals surface area contributed by atoms with Gasteiger partial charge in [-0.15, -0.1) is 9.05 Å². The third-order valence-electron chi connectivity index (χ3n) is 7.19. The summed E-state index contributed by atoms with van der Waals surface area (Å²) in [5.74, 6) is 0.271. The van der Waals surface area contributed by atoms with Gasteiger partial charge in [-0.3, -0.25) is 18.2 Å². The average molecular weight is 657 g/mol. The number of nitrogens with two attached hydrogens (primary N) is 2. The highest BCUT2D eigenvalue weighted by molar-refractivity contribution is 8.54. The van der Waals surface area contributed by atoms with Gasteiger partial charge < -0.3 is 20.9 Å². The van der Waals surface area contributed by atoms with E-state index in [1.807, 2.05) is 0 Å². The quantitative estimate of drug-likeness (QED) is 0.301. The fraction of sp³-hybridized carbons (Fsp3) is 0.524. The van der Waals surface area contributed by atoms with Crippen molar-refractivity contribution >= 4 is 60.4 Å². The van der Waals surface area contributed by atoms with Crippen LogP contribution in [0.5, 0.6) is 0 Å². The molecular formula is C21H24FN10O8P2S+. The zero-order valence-corrected chi connectivity index (χ0v) is 24.8. The van der Waals surface area contributed by atoms with Crippen LogP contribution in [-0.4, -0.2) is 89.1 Å². The predicted molar refractivity (Wildman–Crippen MR) is 147 cm³/mol. The minimum atomic E-state index is -3.91. The Morgan fingerprint density at radius 3 is 2.26 bits per heavy atom. The summed E-state index contributed by atoms with van der Waals surface area (Å²) in [5.41, 5.74) is 13.0. The van der Waals surface area contributed by atoms with Gasteiger partial charge in [0.25, 0.3) is 0 Å². The van der Waals surface area contributed by atoms with Crippen molar-refractivity contribution in [2.24, 2.45) is 0 Å². The maximum Gasteiger partial charge on any atom is 0.697 e. The molecule has 3 fully saturated rings. The number of alkyl halides is 1. The van der Waals surface area contributed by atoms with E-state index in [1.54, 1.807) is 10.8 Å². The Balaban J connectivity index is 1.18. The van der Waals surface area contributed by atoms with E-state index in [0.717, 1.165) is 11.4 Å². The number of anilines is 2.